The van der Waals surface area contributed by atoms with Gasteiger partial charge < -0.3 is 9.15 Å². The largest absolute Gasteiger partial charge is 0.467 e. The molecule has 0 saturated carbocycles. The van der Waals surface area contributed by atoms with Gasteiger partial charge in [-0.1, -0.05) is 0 Å². The van der Waals surface area contributed by atoms with Crippen LogP contribution in [0.4, 0.5) is 0 Å². The molecule has 7 nitrogen and oxygen atoms in total. The first kappa shape index (κ1) is 11.9. The molecule has 18 heavy (non-hydrogen) atoms. The number of carbonyl (C=O) groups excluding carboxylic acids is 1. The molecule has 0 amide bonds. The monoisotopic (exact) mass is 246 g/mol. The molecule has 0 radical (unpaired) electrons. The predicted octanol–water partition coefficient (Wildman–Crippen LogP) is 0.968. The summed E-state index contributed by atoms with van der Waals surface area (Å²) in [6, 6.07) is 3.42. The van der Waals surface area contributed by atoms with Crippen LogP contribution in [0.25, 0.3) is 0 Å². The summed E-state index contributed by atoms with van der Waals surface area (Å²) in [6.07, 6.45) is 2.80. The Bertz CT molecular complexity index is 593. The lowest BCUT2D eigenvalue weighted by atomic mass is 10.2. The maximum atomic E-state index is 11.6. The van der Waals surface area contributed by atoms with E-state index in [0.717, 1.165) is 0 Å². The van der Waals surface area contributed by atoms with Gasteiger partial charge in [-0.2, -0.15) is 5.26 Å². The van der Waals surface area contributed by atoms with Gasteiger partial charge in [0.1, 0.15) is 23.7 Å². The van der Waals surface area contributed by atoms with E-state index in [1.165, 1.54) is 23.2 Å². The van der Waals surface area contributed by atoms with Crippen LogP contribution in [0.15, 0.2) is 23.1 Å². The summed E-state index contributed by atoms with van der Waals surface area (Å²) in [5, 5.41) is 16.0. The van der Waals surface area contributed by atoms with Crippen molar-refractivity contribution in [2.24, 2.45) is 0 Å². The smallest absolute Gasteiger partial charge is 0.341 e. The van der Waals surface area contributed by atoms with Gasteiger partial charge in [0.05, 0.1) is 19.4 Å². The highest BCUT2D eigenvalue weighted by Crippen LogP contribution is 2.14. The Hall–Kier alpha value is -2.62. The fourth-order valence-corrected chi connectivity index (χ4v) is 1.47. The summed E-state index contributed by atoms with van der Waals surface area (Å²) in [6.45, 7) is 2.22. The second-order valence-corrected chi connectivity index (χ2v) is 3.37. The van der Waals surface area contributed by atoms with Crippen LogP contribution in [0.5, 0.6) is 0 Å². The van der Waals surface area contributed by atoms with E-state index in [1.54, 1.807) is 6.92 Å². The molecule has 0 atom stereocenters. The number of rotatable bonds is 4. The molecule has 2 aromatic rings. The van der Waals surface area contributed by atoms with Crippen LogP contribution in [0.2, 0.25) is 0 Å². The molecule has 0 aromatic carbocycles. The molecule has 0 spiro atoms. The van der Waals surface area contributed by atoms with E-state index in [4.69, 9.17) is 14.4 Å². The lowest BCUT2D eigenvalue weighted by molar-refractivity contribution is 0.0523. The van der Waals surface area contributed by atoms with E-state index < -0.39 is 5.97 Å². The number of nitriles is 1. The summed E-state index contributed by atoms with van der Waals surface area (Å²) in [7, 11) is 0. The van der Waals surface area contributed by atoms with Gasteiger partial charge in [-0.3, -0.25) is 4.57 Å². The second-order valence-electron chi connectivity index (χ2n) is 3.37. The Kier molecular flexibility index (Phi) is 3.38. The molecular weight excluding hydrogens is 236 g/mol. The third-order valence-corrected chi connectivity index (χ3v) is 2.27. The SMILES string of the molecule is CCOC(=O)c1ccoc1Cn1cnnc1C#N. The fraction of sp³-hybridized carbons (Fsp3) is 0.273. The number of hydrogen-bond acceptors (Lipinski definition) is 6. The minimum Gasteiger partial charge on any atom is -0.467 e. The molecule has 7 heteroatoms. The molecule has 0 N–H and O–H groups in total. The van der Waals surface area contributed by atoms with Crippen molar-refractivity contribution < 1.29 is 13.9 Å². The number of carbonyl (C=O) groups is 1. The standard InChI is InChI=1S/C11H10N4O3/c1-2-17-11(16)8-3-4-18-9(8)6-15-7-13-14-10(15)5-12/h3-4,7H,2,6H2,1H3. The van der Waals surface area contributed by atoms with Gasteiger partial charge in [0.2, 0.25) is 5.82 Å². The first-order chi connectivity index (χ1) is 8.76. The van der Waals surface area contributed by atoms with E-state index in [9.17, 15) is 4.79 Å². The molecule has 2 aromatic heterocycles. The maximum Gasteiger partial charge on any atom is 0.341 e. The highest BCUT2D eigenvalue weighted by Gasteiger charge is 2.17. The van der Waals surface area contributed by atoms with Gasteiger partial charge in [-0.25, -0.2) is 4.79 Å². The van der Waals surface area contributed by atoms with E-state index in [-0.39, 0.29) is 12.4 Å². The van der Waals surface area contributed by atoms with Gasteiger partial charge in [0, 0.05) is 0 Å². The highest BCUT2D eigenvalue weighted by atomic mass is 16.5. The second kappa shape index (κ2) is 5.14. The van der Waals surface area contributed by atoms with E-state index in [1.807, 2.05) is 6.07 Å². The van der Waals surface area contributed by atoms with Crippen molar-refractivity contribution in [3.05, 3.63) is 35.8 Å². The van der Waals surface area contributed by atoms with Gasteiger partial charge in [-0.15, -0.1) is 10.2 Å². The molecule has 0 aliphatic heterocycles. The third-order valence-electron chi connectivity index (χ3n) is 2.27. The number of esters is 1. The van der Waals surface area contributed by atoms with Crippen molar-refractivity contribution in [3.63, 3.8) is 0 Å². The third kappa shape index (κ3) is 2.22. The summed E-state index contributed by atoms with van der Waals surface area (Å²) >= 11 is 0. The molecular formula is C11H10N4O3. The summed E-state index contributed by atoms with van der Waals surface area (Å²) in [5.41, 5.74) is 0.342. The van der Waals surface area contributed by atoms with Gasteiger partial charge in [0.25, 0.3) is 0 Å². The zero-order valence-electron chi connectivity index (χ0n) is 9.66. The van der Waals surface area contributed by atoms with Crippen molar-refractivity contribution >= 4 is 5.97 Å². The highest BCUT2D eigenvalue weighted by molar-refractivity contribution is 5.90. The molecule has 0 fully saturated rings. The van der Waals surface area contributed by atoms with Crippen molar-refractivity contribution in [1.29, 1.82) is 5.26 Å². The average molecular weight is 246 g/mol. The Balaban J connectivity index is 2.23. The first-order valence-corrected chi connectivity index (χ1v) is 5.27. The number of ether oxygens (including phenoxy) is 1. The predicted molar refractivity (Wildman–Crippen MR) is 58.5 cm³/mol. The zero-order valence-corrected chi connectivity index (χ0v) is 9.66. The van der Waals surface area contributed by atoms with Crippen molar-refractivity contribution in [3.8, 4) is 6.07 Å². The van der Waals surface area contributed by atoms with E-state index in [2.05, 4.69) is 10.2 Å². The molecule has 0 unspecified atom stereocenters. The van der Waals surface area contributed by atoms with E-state index >= 15 is 0 Å². The lowest BCUT2D eigenvalue weighted by Gasteiger charge is -2.03. The van der Waals surface area contributed by atoms with E-state index in [0.29, 0.717) is 17.9 Å². The molecule has 0 bridgehead atoms. The number of furan rings is 1. The Labute approximate surface area is 103 Å². The van der Waals surface area contributed by atoms with Crippen LogP contribution in [0.1, 0.15) is 28.9 Å². The van der Waals surface area contributed by atoms with Gasteiger partial charge >= 0.3 is 5.97 Å². The van der Waals surface area contributed by atoms with Crippen LogP contribution in [-0.2, 0) is 11.3 Å². The van der Waals surface area contributed by atoms with Crippen molar-refractivity contribution in [1.82, 2.24) is 14.8 Å². The van der Waals surface area contributed by atoms with Crippen LogP contribution in [0.3, 0.4) is 0 Å². The summed E-state index contributed by atoms with van der Waals surface area (Å²) in [4.78, 5) is 11.6. The number of aromatic nitrogens is 3. The van der Waals surface area contributed by atoms with Crippen LogP contribution in [-0.4, -0.2) is 27.3 Å². The summed E-state index contributed by atoms with van der Waals surface area (Å²) in [5.74, 6) is 0.110. The molecule has 0 saturated heterocycles. The van der Waals surface area contributed by atoms with Crippen LogP contribution < -0.4 is 0 Å². The van der Waals surface area contributed by atoms with Crippen LogP contribution >= 0.6 is 0 Å². The Morgan fingerprint density at radius 2 is 2.50 bits per heavy atom. The molecule has 2 heterocycles. The van der Waals surface area contributed by atoms with Crippen LogP contribution in [0, 0.1) is 11.3 Å². The molecule has 92 valence electrons. The number of nitrogens with zero attached hydrogens (tertiary/aromatic N) is 4. The van der Waals surface area contributed by atoms with Crippen molar-refractivity contribution in [2.75, 3.05) is 6.61 Å². The average Bonchev–Trinajstić information content (AvgIpc) is 2.98. The minimum absolute atomic E-state index is 0.154. The fourth-order valence-electron chi connectivity index (χ4n) is 1.47. The molecule has 2 rings (SSSR count). The van der Waals surface area contributed by atoms with Gasteiger partial charge in [0.15, 0.2) is 0 Å². The quantitative estimate of drug-likeness (QED) is 0.746. The normalized spacial score (nSPS) is 10.0. The minimum atomic E-state index is -0.451. The topological polar surface area (TPSA) is 93.9 Å². The first-order valence-electron chi connectivity index (χ1n) is 5.27. The molecule has 0 aliphatic rings. The van der Waals surface area contributed by atoms with Crippen molar-refractivity contribution in [2.45, 2.75) is 13.5 Å². The zero-order chi connectivity index (χ0) is 13.0. The number of hydrogen-bond donors (Lipinski definition) is 0. The van der Waals surface area contributed by atoms with Gasteiger partial charge in [-0.05, 0) is 13.0 Å². The Morgan fingerprint density at radius 3 is 3.22 bits per heavy atom. The maximum absolute atomic E-state index is 11.6. The Morgan fingerprint density at radius 1 is 1.67 bits per heavy atom. The lowest BCUT2D eigenvalue weighted by Crippen LogP contribution is -2.09. The molecule has 0 aliphatic carbocycles. The summed E-state index contributed by atoms with van der Waals surface area (Å²) < 4.78 is 11.6.